The fourth-order valence-electron chi connectivity index (χ4n) is 4.31. The average Bonchev–Trinajstić information content (AvgIpc) is 3.09. The first kappa shape index (κ1) is 29.4. The second-order valence-corrected chi connectivity index (χ2v) is 9.54. The van der Waals surface area contributed by atoms with Crippen molar-refractivity contribution in [1.29, 1.82) is 0 Å². The Morgan fingerprint density at radius 2 is 0.841 bits per heavy atom. The Hall–Kier alpha value is -6.10. The van der Waals surface area contributed by atoms with Gasteiger partial charge in [0.05, 0.1) is 14.2 Å². The minimum atomic E-state index is -1.15. The van der Waals surface area contributed by atoms with E-state index in [0.717, 1.165) is 27.8 Å². The van der Waals surface area contributed by atoms with Crippen LogP contribution in [0.1, 0.15) is 50.6 Å². The standard InChI is InChI=1S/C41H28O3/c1-43-40-29-37(26-25-35-19-11-9-17-33(35)23-21-31-13-5-3-6-14-31)38(30-41(40)44-2)39(42)28-27-36-20-12-10-18-34(36)24-22-32-15-7-4-8-16-32/h3-20,29-30,39,42H,1-2H3. The number of rotatable bonds is 3. The van der Waals surface area contributed by atoms with Crippen LogP contribution in [0.15, 0.2) is 121 Å². The van der Waals surface area contributed by atoms with Gasteiger partial charge in [-0.05, 0) is 54.6 Å². The van der Waals surface area contributed by atoms with E-state index >= 15 is 0 Å². The Morgan fingerprint density at radius 1 is 0.455 bits per heavy atom. The van der Waals surface area contributed by atoms with Crippen molar-refractivity contribution in [2.45, 2.75) is 6.10 Å². The minimum Gasteiger partial charge on any atom is -0.493 e. The first-order valence-corrected chi connectivity index (χ1v) is 13.9. The molecule has 0 saturated carbocycles. The van der Waals surface area contributed by atoms with Crippen molar-refractivity contribution in [2.24, 2.45) is 0 Å². The Morgan fingerprint density at radius 3 is 1.32 bits per heavy atom. The quantitative estimate of drug-likeness (QED) is 0.239. The molecular weight excluding hydrogens is 540 g/mol. The first-order valence-electron chi connectivity index (χ1n) is 13.9. The monoisotopic (exact) mass is 568 g/mol. The molecule has 0 bridgehead atoms. The molecule has 0 amide bonds. The second-order valence-electron chi connectivity index (χ2n) is 9.54. The van der Waals surface area contributed by atoms with Crippen LogP contribution >= 0.6 is 0 Å². The van der Waals surface area contributed by atoms with Crippen molar-refractivity contribution in [3.8, 4) is 58.9 Å². The second kappa shape index (κ2) is 14.7. The predicted octanol–water partition coefficient (Wildman–Crippen LogP) is 6.99. The number of aliphatic hydroxyl groups excluding tert-OH is 1. The van der Waals surface area contributed by atoms with E-state index in [9.17, 15) is 5.11 Å². The third kappa shape index (κ3) is 7.59. The van der Waals surface area contributed by atoms with Crippen LogP contribution < -0.4 is 9.47 Å². The molecule has 0 aliphatic carbocycles. The maximum absolute atomic E-state index is 11.3. The normalized spacial score (nSPS) is 10.2. The number of aliphatic hydroxyl groups is 1. The zero-order valence-corrected chi connectivity index (χ0v) is 24.4. The van der Waals surface area contributed by atoms with Crippen LogP contribution in [0.5, 0.6) is 11.5 Å². The molecule has 3 nitrogen and oxygen atoms in total. The maximum atomic E-state index is 11.3. The highest BCUT2D eigenvalue weighted by Gasteiger charge is 2.15. The summed E-state index contributed by atoms with van der Waals surface area (Å²) in [5, 5.41) is 11.3. The summed E-state index contributed by atoms with van der Waals surface area (Å²) in [6.07, 6.45) is -1.15. The van der Waals surface area contributed by atoms with Crippen molar-refractivity contribution in [3.63, 3.8) is 0 Å². The van der Waals surface area contributed by atoms with E-state index in [2.05, 4.69) is 47.4 Å². The van der Waals surface area contributed by atoms with E-state index in [1.807, 2.05) is 109 Å². The molecule has 0 aliphatic rings. The lowest BCUT2D eigenvalue weighted by Gasteiger charge is -2.13. The van der Waals surface area contributed by atoms with E-state index in [-0.39, 0.29) is 0 Å². The number of hydrogen-bond donors (Lipinski definition) is 1. The summed E-state index contributed by atoms with van der Waals surface area (Å²) < 4.78 is 11.1. The molecule has 0 heterocycles. The third-order valence-corrected chi connectivity index (χ3v) is 6.61. The van der Waals surface area contributed by atoms with Gasteiger partial charge in [0.1, 0.15) is 6.10 Å². The summed E-state index contributed by atoms with van der Waals surface area (Å²) in [4.78, 5) is 0. The molecule has 0 aromatic heterocycles. The molecule has 1 unspecified atom stereocenters. The maximum Gasteiger partial charge on any atom is 0.161 e. The number of hydrogen-bond acceptors (Lipinski definition) is 3. The van der Waals surface area contributed by atoms with Crippen LogP contribution in [0.3, 0.4) is 0 Å². The van der Waals surface area contributed by atoms with Gasteiger partial charge < -0.3 is 14.6 Å². The Balaban J connectivity index is 1.50. The van der Waals surface area contributed by atoms with Gasteiger partial charge in [-0.3, -0.25) is 0 Å². The fraction of sp³-hybridized carbons (Fsp3) is 0.0732. The lowest BCUT2D eigenvalue weighted by molar-refractivity contribution is 0.237. The molecule has 1 N–H and O–H groups in total. The molecule has 0 saturated heterocycles. The van der Waals surface area contributed by atoms with Gasteiger partial charge in [0.15, 0.2) is 11.5 Å². The smallest absolute Gasteiger partial charge is 0.161 e. The van der Waals surface area contributed by atoms with Gasteiger partial charge in [-0.25, -0.2) is 0 Å². The molecule has 5 aromatic rings. The third-order valence-electron chi connectivity index (χ3n) is 6.61. The van der Waals surface area contributed by atoms with Gasteiger partial charge in [0.2, 0.25) is 0 Å². The number of ether oxygens (including phenoxy) is 2. The zero-order valence-electron chi connectivity index (χ0n) is 24.4. The largest absolute Gasteiger partial charge is 0.493 e. The summed E-state index contributed by atoms with van der Waals surface area (Å²) in [5.74, 6) is 26.3. The first-order chi connectivity index (χ1) is 21.6. The molecule has 210 valence electrons. The number of methoxy groups -OCH3 is 2. The van der Waals surface area contributed by atoms with Gasteiger partial charge in [0, 0.05) is 50.6 Å². The van der Waals surface area contributed by atoms with Crippen molar-refractivity contribution < 1.29 is 14.6 Å². The van der Waals surface area contributed by atoms with Crippen LogP contribution in [0, 0.1) is 47.4 Å². The lowest BCUT2D eigenvalue weighted by Crippen LogP contribution is -2.01. The van der Waals surface area contributed by atoms with Gasteiger partial charge in [-0.2, -0.15) is 0 Å². The summed E-state index contributed by atoms with van der Waals surface area (Å²) >= 11 is 0. The highest BCUT2D eigenvalue weighted by molar-refractivity contribution is 5.60. The van der Waals surface area contributed by atoms with Gasteiger partial charge in [-0.15, -0.1) is 0 Å². The molecule has 0 fully saturated rings. The molecule has 3 heteroatoms. The zero-order chi connectivity index (χ0) is 30.6. The highest BCUT2D eigenvalue weighted by atomic mass is 16.5. The molecule has 0 radical (unpaired) electrons. The molecule has 5 aromatic carbocycles. The van der Waals surface area contributed by atoms with E-state index in [4.69, 9.17) is 9.47 Å². The van der Waals surface area contributed by atoms with Crippen molar-refractivity contribution in [1.82, 2.24) is 0 Å². The van der Waals surface area contributed by atoms with Crippen molar-refractivity contribution in [2.75, 3.05) is 14.2 Å². The van der Waals surface area contributed by atoms with Crippen molar-refractivity contribution >= 4 is 0 Å². The molecule has 1 atom stereocenters. The fourth-order valence-corrected chi connectivity index (χ4v) is 4.31. The molecule has 0 spiro atoms. The summed E-state index contributed by atoms with van der Waals surface area (Å²) in [6, 6.07) is 38.4. The van der Waals surface area contributed by atoms with Crippen molar-refractivity contribution in [3.05, 3.63) is 166 Å². The van der Waals surface area contributed by atoms with Crippen LogP contribution in [0.25, 0.3) is 0 Å². The Kier molecular flexibility index (Phi) is 9.81. The summed E-state index contributed by atoms with van der Waals surface area (Å²) in [7, 11) is 3.11. The molecule has 5 rings (SSSR count). The summed E-state index contributed by atoms with van der Waals surface area (Å²) in [6.45, 7) is 0. The molecule has 44 heavy (non-hydrogen) atoms. The van der Waals surface area contributed by atoms with Crippen LogP contribution in [-0.2, 0) is 0 Å². The Bertz CT molecular complexity index is 2010. The van der Waals surface area contributed by atoms with E-state index in [1.54, 1.807) is 26.4 Å². The average molecular weight is 569 g/mol. The van der Waals surface area contributed by atoms with Gasteiger partial charge in [0.25, 0.3) is 0 Å². The van der Waals surface area contributed by atoms with E-state index in [0.29, 0.717) is 28.2 Å². The minimum absolute atomic E-state index is 0.470. The van der Waals surface area contributed by atoms with E-state index in [1.165, 1.54) is 0 Å². The van der Waals surface area contributed by atoms with Crippen LogP contribution in [0.2, 0.25) is 0 Å². The topological polar surface area (TPSA) is 38.7 Å². The Labute approximate surface area is 259 Å². The SMILES string of the molecule is COc1cc(C#Cc2ccccc2C#Cc2ccccc2)c(C(O)C#Cc2ccccc2C#Cc2ccccc2)cc1OC. The number of benzene rings is 5. The molecular formula is C41H28O3. The molecule has 0 aliphatic heterocycles. The van der Waals surface area contributed by atoms with Crippen LogP contribution in [-0.4, -0.2) is 19.3 Å². The van der Waals surface area contributed by atoms with Gasteiger partial charge in [-0.1, -0.05) is 108 Å². The highest BCUT2D eigenvalue weighted by Crippen LogP contribution is 2.33. The van der Waals surface area contributed by atoms with Crippen LogP contribution in [0.4, 0.5) is 0 Å². The van der Waals surface area contributed by atoms with Gasteiger partial charge >= 0.3 is 0 Å². The predicted molar refractivity (Wildman–Crippen MR) is 175 cm³/mol. The van der Waals surface area contributed by atoms with E-state index < -0.39 is 6.10 Å². The summed E-state index contributed by atoms with van der Waals surface area (Å²) in [5.41, 5.74) is 5.97. The lowest BCUT2D eigenvalue weighted by atomic mass is 9.99.